The second-order valence-electron chi connectivity index (χ2n) is 7.67. The Balaban J connectivity index is 1.58. The first-order chi connectivity index (χ1) is 11.9. The van der Waals surface area contributed by atoms with Crippen molar-refractivity contribution in [3.05, 3.63) is 0 Å². The number of hydrogen-bond donors (Lipinski definition) is 1. The average molecular weight is 372 g/mol. The highest BCUT2D eigenvalue weighted by Crippen LogP contribution is 2.29. The summed E-state index contributed by atoms with van der Waals surface area (Å²) in [7, 11) is -2.13. The first-order valence-corrected chi connectivity index (χ1v) is 10.9. The number of nitrogens with one attached hydrogen (secondary N) is 1. The minimum atomic E-state index is -3.58. The summed E-state index contributed by atoms with van der Waals surface area (Å²) in [6.07, 6.45) is 7.22. The van der Waals surface area contributed by atoms with Gasteiger partial charge in [-0.15, -0.1) is 0 Å². The standard InChI is InChI=1S/C17H29N3O4S/c1-19(12-16(21)18-14-8-9-14)25(23,24)15-7-4-10-20(11-15)17(22)13-5-2-3-6-13/h13-15H,2-12H2,1H3,(H,18,21). The SMILES string of the molecule is CN(CC(=O)NC1CC1)S(=O)(=O)C1CCCN(C(=O)C2CCCC2)C1. The Morgan fingerprint density at radius 3 is 2.40 bits per heavy atom. The fraction of sp³-hybridized carbons (Fsp3) is 0.882. The molecule has 0 bridgehead atoms. The fourth-order valence-electron chi connectivity index (χ4n) is 3.86. The Labute approximate surface area is 150 Å². The van der Waals surface area contributed by atoms with Crippen molar-refractivity contribution in [1.29, 1.82) is 0 Å². The molecule has 0 radical (unpaired) electrons. The highest BCUT2D eigenvalue weighted by atomic mass is 32.2. The van der Waals surface area contributed by atoms with Gasteiger partial charge in [0.1, 0.15) is 0 Å². The van der Waals surface area contributed by atoms with Crippen molar-refractivity contribution in [1.82, 2.24) is 14.5 Å². The van der Waals surface area contributed by atoms with Crippen LogP contribution in [0.2, 0.25) is 0 Å². The number of sulfonamides is 1. The van der Waals surface area contributed by atoms with E-state index in [0.717, 1.165) is 42.8 Å². The molecule has 2 amide bonds. The molecule has 1 N–H and O–H groups in total. The van der Waals surface area contributed by atoms with Gasteiger partial charge < -0.3 is 10.2 Å². The normalized spacial score (nSPS) is 25.4. The third-order valence-corrected chi connectivity index (χ3v) is 7.78. The quantitative estimate of drug-likeness (QED) is 0.745. The van der Waals surface area contributed by atoms with E-state index in [0.29, 0.717) is 19.4 Å². The summed E-state index contributed by atoms with van der Waals surface area (Å²) in [5.41, 5.74) is 0. The molecule has 1 unspecified atom stereocenters. The minimum Gasteiger partial charge on any atom is -0.352 e. The number of likely N-dealkylation sites (tertiary alicyclic amines) is 1. The van der Waals surface area contributed by atoms with E-state index in [1.165, 1.54) is 7.05 Å². The maximum absolute atomic E-state index is 12.8. The average Bonchev–Trinajstić information content (AvgIpc) is 3.23. The van der Waals surface area contributed by atoms with E-state index in [-0.39, 0.29) is 36.9 Å². The topological polar surface area (TPSA) is 86.8 Å². The van der Waals surface area contributed by atoms with E-state index >= 15 is 0 Å². The van der Waals surface area contributed by atoms with Gasteiger partial charge in [-0.3, -0.25) is 9.59 Å². The van der Waals surface area contributed by atoms with Crippen molar-refractivity contribution >= 4 is 21.8 Å². The number of likely N-dealkylation sites (N-methyl/N-ethyl adjacent to an activating group) is 1. The number of nitrogens with zero attached hydrogens (tertiary/aromatic N) is 2. The van der Waals surface area contributed by atoms with Crippen LogP contribution in [-0.4, -0.2) is 67.4 Å². The van der Waals surface area contributed by atoms with Crippen LogP contribution in [0.25, 0.3) is 0 Å². The van der Waals surface area contributed by atoms with Gasteiger partial charge in [-0.25, -0.2) is 8.42 Å². The Bertz CT molecular complexity index is 611. The Kier molecular flexibility index (Phi) is 5.68. The number of hydrogen-bond acceptors (Lipinski definition) is 4. The van der Waals surface area contributed by atoms with Crippen molar-refractivity contribution in [2.24, 2.45) is 5.92 Å². The monoisotopic (exact) mass is 371 g/mol. The van der Waals surface area contributed by atoms with Crippen LogP contribution in [0.5, 0.6) is 0 Å². The van der Waals surface area contributed by atoms with E-state index in [9.17, 15) is 18.0 Å². The van der Waals surface area contributed by atoms with Gasteiger partial charge >= 0.3 is 0 Å². The predicted molar refractivity (Wildman–Crippen MR) is 94.3 cm³/mol. The molecule has 0 aromatic heterocycles. The molecule has 25 heavy (non-hydrogen) atoms. The van der Waals surface area contributed by atoms with Gasteiger partial charge in [0.25, 0.3) is 0 Å². The first kappa shape index (κ1) is 18.6. The predicted octanol–water partition coefficient (Wildman–Crippen LogP) is 0.708. The molecule has 2 aliphatic carbocycles. The van der Waals surface area contributed by atoms with Crippen molar-refractivity contribution in [2.45, 2.75) is 62.7 Å². The van der Waals surface area contributed by atoms with Crippen LogP contribution in [0.3, 0.4) is 0 Å². The molecular formula is C17H29N3O4S. The van der Waals surface area contributed by atoms with E-state index < -0.39 is 15.3 Å². The van der Waals surface area contributed by atoms with Crippen molar-refractivity contribution in [2.75, 3.05) is 26.7 Å². The largest absolute Gasteiger partial charge is 0.352 e. The molecule has 1 heterocycles. The minimum absolute atomic E-state index is 0.0727. The van der Waals surface area contributed by atoms with Gasteiger partial charge in [0.2, 0.25) is 21.8 Å². The molecule has 0 spiro atoms. The zero-order valence-electron chi connectivity index (χ0n) is 14.9. The highest BCUT2D eigenvalue weighted by Gasteiger charge is 2.38. The molecule has 3 fully saturated rings. The van der Waals surface area contributed by atoms with Crippen molar-refractivity contribution < 1.29 is 18.0 Å². The summed E-state index contributed by atoms with van der Waals surface area (Å²) >= 11 is 0. The zero-order chi connectivity index (χ0) is 18.0. The van der Waals surface area contributed by atoms with Crippen LogP contribution >= 0.6 is 0 Å². The summed E-state index contributed by atoms with van der Waals surface area (Å²) in [6.45, 7) is 0.755. The Morgan fingerprint density at radius 2 is 1.76 bits per heavy atom. The third kappa shape index (κ3) is 4.53. The van der Waals surface area contributed by atoms with Gasteiger partial charge in [-0.1, -0.05) is 12.8 Å². The van der Waals surface area contributed by atoms with Crippen LogP contribution in [0.1, 0.15) is 51.4 Å². The van der Waals surface area contributed by atoms with Crippen LogP contribution in [0.4, 0.5) is 0 Å². The lowest BCUT2D eigenvalue weighted by molar-refractivity contribution is -0.136. The van der Waals surface area contributed by atoms with E-state index in [1.807, 2.05) is 0 Å². The number of piperidine rings is 1. The lowest BCUT2D eigenvalue weighted by Gasteiger charge is -2.35. The molecule has 3 rings (SSSR count). The Morgan fingerprint density at radius 1 is 1.08 bits per heavy atom. The van der Waals surface area contributed by atoms with Gasteiger partial charge in [-0.2, -0.15) is 4.31 Å². The van der Waals surface area contributed by atoms with Crippen LogP contribution < -0.4 is 5.32 Å². The van der Waals surface area contributed by atoms with Gasteiger partial charge in [0.15, 0.2) is 0 Å². The number of carbonyl (C=O) groups is 2. The summed E-state index contributed by atoms with van der Waals surface area (Å²) < 4.78 is 26.8. The Hall–Kier alpha value is -1.15. The maximum Gasteiger partial charge on any atom is 0.235 e. The molecule has 1 aliphatic heterocycles. The van der Waals surface area contributed by atoms with Crippen molar-refractivity contribution in [3.63, 3.8) is 0 Å². The molecule has 3 aliphatic rings. The molecule has 8 heteroatoms. The summed E-state index contributed by atoms with van der Waals surface area (Å²) in [4.78, 5) is 26.2. The molecule has 7 nitrogen and oxygen atoms in total. The van der Waals surface area contributed by atoms with E-state index in [1.54, 1.807) is 4.90 Å². The highest BCUT2D eigenvalue weighted by molar-refractivity contribution is 7.89. The van der Waals surface area contributed by atoms with Crippen LogP contribution in [-0.2, 0) is 19.6 Å². The molecule has 1 saturated heterocycles. The van der Waals surface area contributed by atoms with Crippen LogP contribution in [0.15, 0.2) is 0 Å². The molecule has 142 valence electrons. The lowest BCUT2D eigenvalue weighted by atomic mass is 10.0. The molecule has 0 aromatic carbocycles. The zero-order valence-corrected chi connectivity index (χ0v) is 15.8. The molecule has 0 aromatic rings. The summed E-state index contributed by atoms with van der Waals surface area (Å²) in [5, 5.41) is 2.21. The molecule has 2 saturated carbocycles. The number of rotatable bonds is 6. The lowest BCUT2D eigenvalue weighted by Crippen LogP contribution is -2.51. The number of carbonyl (C=O) groups excluding carboxylic acids is 2. The van der Waals surface area contributed by atoms with E-state index in [2.05, 4.69) is 5.32 Å². The maximum atomic E-state index is 12.8. The molecule has 1 atom stereocenters. The first-order valence-electron chi connectivity index (χ1n) is 9.41. The van der Waals surface area contributed by atoms with Gasteiger partial charge in [0, 0.05) is 32.1 Å². The van der Waals surface area contributed by atoms with E-state index in [4.69, 9.17) is 0 Å². The van der Waals surface area contributed by atoms with Gasteiger partial charge in [-0.05, 0) is 38.5 Å². The fourth-order valence-corrected chi connectivity index (χ4v) is 5.50. The molecular weight excluding hydrogens is 342 g/mol. The smallest absolute Gasteiger partial charge is 0.235 e. The third-order valence-electron chi connectivity index (χ3n) is 5.56. The van der Waals surface area contributed by atoms with Crippen molar-refractivity contribution in [3.8, 4) is 0 Å². The van der Waals surface area contributed by atoms with Crippen LogP contribution in [0, 0.1) is 5.92 Å². The van der Waals surface area contributed by atoms with Gasteiger partial charge in [0.05, 0.1) is 11.8 Å². The summed E-state index contributed by atoms with van der Waals surface area (Å²) in [6, 6.07) is 0.220. The second kappa shape index (κ2) is 7.61. The number of amides is 2. The second-order valence-corrected chi connectivity index (χ2v) is 9.99. The summed E-state index contributed by atoms with van der Waals surface area (Å²) in [5.74, 6) is -0.0571.